The molecule has 0 amide bonds. The fourth-order valence-electron chi connectivity index (χ4n) is 3.01. The van der Waals surface area contributed by atoms with Gasteiger partial charge in [0.2, 0.25) is 0 Å². The molecule has 2 aromatic carbocycles. The third kappa shape index (κ3) is 3.99. The molecule has 0 aliphatic carbocycles. The van der Waals surface area contributed by atoms with E-state index in [1.807, 2.05) is 12.1 Å². The fourth-order valence-corrected chi connectivity index (χ4v) is 3.66. The number of anilines is 3. The van der Waals surface area contributed by atoms with Crippen molar-refractivity contribution in [1.29, 1.82) is 0 Å². The molecule has 156 valence electrons. The van der Waals surface area contributed by atoms with Crippen molar-refractivity contribution in [3.05, 3.63) is 73.1 Å². The molecule has 0 saturated carbocycles. The van der Waals surface area contributed by atoms with Crippen LogP contribution in [0.25, 0.3) is 22.0 Å². The molecule has 3 N–H and O–H groups in total. The van der Waals surface area contributed by atoms with E-state index in [0.29, 0.717) is 34.7 Å². The summed E-state index contributed by atoms with van der Waals surface area (Å²) in [6.45, 7) is 0. The number of halogens is 5. The number of hydrogen-bond donors (Lipinski definition) is 2. The quantitative estimate of drug-likeness (QED) is 0.329. The molecule has 30 heavy (non-hydrogen) atoms. The number of fused-ring (bicyclic) bond motifs is 1. The van der Waals surface area contributed by atoms with Crippen LogP contribution in [0.2, 0.25) is 0 Å². The maximum absolute atomic E-state index is 12.9. The minimum absolute atomic E-state index is 0.183. The van der Waals surface area contributed by atoms with Crippen molar-refractivity contribution in [1.82, 2.24) is 9.97 Å². The van der Waals surface area contributed by atoms with Gasteiger partial charge in [0.05, 0.1) is 5.52 Å². The standard InChI is InChI=1S/C20H15F5N4S/c21-30(22,23,24,25)15-6-4-14(5-7-15)29-20-16(2-1-10-28-20)13-3-8-19-17(12-13)18(26)9-11-27-19/h1-12H,(H2,26,27)(H,28,29). The molecule has 0 spiro atoms. The number of hydrogen-bond acceptors (Lipinski definition) is 4. The summed E-state index contributed by atoms with van der Waals surface area (Å²) in [6.07, 6.45) is 3.11. The summed E-state index contributed by atoms with van der Waals surface area (Å²) in [6, 6.07) is 13.2. The van der Waals surface area contributed by atoms with Gasteiger partial charge in [-0.3, -0.25) is 4.98 Å². The summed E-state index contributed by atoms with van der Waals surface area (Å²) in [7, 11) is -9.71. The van der Waals surface area contributed by atoms with Crippen LogP contribution in [0.4, 0.5) is 36.6 Å². The van der Waals surface area contributed by atoms with E-state index in [1.54, 1.807) is 30.5 Å². The predicted molar refractivity (Wildman–Crippen MR) is 111 cm³/mol. The number of rotatable bonds is 4. The Morgan fingerprint density at radius 1 is 0.800 bits per heavy atom. The van der Waals surface area contributed by atoms with Gasteiger partial charge in [-0.05, 0) is 60.2 Å². The summed E-state index contributed by atoms with van der Waals surface area (Å²) in [5, 5.41) is 3.62. The van der Waals surface area contributed by atoms with Crippen LogP contribution in [-0.2, 0) is 0 Å². The highest BCUT2D eigenvalue weighted by Gasteiger charge is 2.65. The first-order chi connectivity index (χ1) is 13.9. The average molecular weight is 438 g/mol. The number of nitrogen functional groups attached to an aromatic ring is 1. The number of nitrogens with two attached hydrogens (primary N) is 1. The highest BCUT2D eigenvalue weighted by atomic mass is 32.5. The van der Waals surface area contributed by atoms with Crippen LogP contribution in [0.3, 0.4) is 0 Å². The SMILES string of the molecule is Nc1ccnc2ccc(-c3cccnc3Nc3ccc(S(F)(F)(F)(F)F)cc3)cc12. The van der Waals surface area contributed by atoms with Crippen LogP contribution >= 0.6 is 10.2 Å². The Balaban J connectivity index is 1.71. The van der Waals surface area contributed by atoms with Gasteiger partial charge < -0.3 is 11.1 Å². The van der Waals surface area contributed by atoms with E-state index in [4.69, 9.17) is 5.73 Å². The molecular weight excluding hydrogens is 423 g/mol. The van der Waals surface area contributed by atoms with Crippen LogP contribution in [0.15, 0.2) is 78.0 Å². The molecule has 0 aliphatic rings. The number of pyridine rings is 2. The lowest BCUT2D eigenvalue weighted by Gasteiger charge is -2.40. The number of aromatic nitrogens is 2. The Bertz CT molecular complexity index is 1260. The first-order valence-electron chi connectivity index (χ1n) is 8.61. The van der Waals surface area contributed by atoms with Crippen molar-refractivity contribution in [3.63, 3.8) is 0 Å². The Hall–Kier alpha value is -3.40. The monoisotopic (exact) mass is 438 g/mol. The highest BCUT2D eigenvalue weighted by molar-refractivity contribution is 8.45. The van der Waals surface area contributed by atoms with Crippen LogP contribution in [0, 0.1) is 0 Å². The molecule has 0 aliphatic heterocycles. The van der Waals surface area contributed by atoms with E-state index >= 15 is 0 Å². The van der Waals surface area contributed by atoms with Crippen molar-refractivity contribution in [3.8, 4) is 11.1 Å². The number of nitrogens with zero attached hydrogens (tertiary/aromatic N) is 2. The molecule has 0 radical (unpaired) electrons. The second kappa shape index (κ2) is 6.05. The van der Waals surface area contributed by atoms with E-state index in [1.165, 1.54) is 6.20 Å². The normalized spacial score (nSPS) is 14.2. The van der Waals surface area contributed by atoms with E-state index in [9.17, 15) is 19.4 Å². The van der Waals surface area contributed by atoms with Gasteiger partial charge in [0.1, 0.15) is 10.7 Å². The van der Waals surface area contributed by atoms with Gasteiger partial charge in [-0.1, -0.05) is 25.5 Å². The molecule has 4 aromatic rings. The summed E-state index contributed by atoms with van der Waals surface area (Å²) >= 11 is 0. The molecule has 0 fully saturated rings. The summed E-state index contributed by atoms with van der Waals surface area (Å²) in [4.78, 5) is 6.53. The van der Waals surface area contributed by atoms with Crippen molar-refractivity contribution >= 4 is 38.3 Å². The van der Waals surface area contributed by atoms with Gasteiger partial charge in [0, 0.05) is 34.7 Å². The van der Waals surface area contributed by atoms with Crippen molar-refractivity contribution < 1.29 is 19.4 Å². The van der Waals surface area contributed by atoms with Gasteiger partial charge in [0.25, 0.3) is 0 Å². The Kier molecular flexibility index (Phi) is 4.01. The second-order valence-corrected chi connectivity index (χ2v) is 9.06. The summed E-state index contributed by atoms with van der Waals surface area (Å²) in [5.74, 6) is 0.347. The molecule has 10 heteroatoms. The molecule has 4 nitrogen and oxygen atoms in total. The zero-order valence-corrected chi connectivity index (χ0v) is 16.0. The number of benzene rings is 2. The first kappa shape index (κ1) is 19.9. The lowest BCUT2D eigenvalue weighted by Crippen LogP contribution is -2.06. The molecule has 0 atom stereocenters. The third-order valence-corrected chi connectivity index (χ3v) is 5.62. The van der Waals surface area contributed by atoms with Crippen LogP contribution in [0.1, 0.15) is 0 Å². The third-order valence-electron chi connectivity index (χ3n) is 4.46. The minimum Gasteiger partial charge on any atom is -0.398 e. The first-order valence-corrected chi connectivity index (χ1v) is 10.6. The molecule has 2 heterocycles. The van der Waals surface area contributed by atoms with Gasteiger partial charge in [-0.15, -0.1) is 0 Å². The lowest BCUT2D eigenvalue weighted by atomic mass is 10.0. The minimum atomic E-state index is -9.71. The zero-order valence-electron chi connectivity index (χ0n) is 15.2. The lowest BCUT2D eigenvalue weighted by molar-refractivity contribution is 0.364. The average Bonchev–Trinajstić information content (AvgIpc) is 2.67. The summed E-state index contributed by atoms with van der Waals surface area (Å²) < 4.78 is 64.5. The van der Waals surface area contributed by atoms with Crippen LogP contribution < -0.4 is 11.1 Å². The topological polar surface area (TPSA) is 63.8 Å². The van der Waals surface area contributed by atoms with Gasteiger partial charge >= 0.3 is 10.2 Å². The Morgan fingerprint density at radius 3 is 2.23 bits per heavy atom. The van der Waals surface area contributed by atoms with Crippen LogP contribution in [0.5, 0.6) is 0 Å². The van der Waals surface area contributed by atoms with E-state index in [-0.39, 0.29) is 5.69 Å². The Labute approximate surface area is 168 Å². The molecule has 2 aromatic heterocycles. The Morgan fingerprint density at radius 2 is 1.53 bits per heavy atom. The van der Waals surface area contributed by atoms with E-state index in [0.717, 1.165) is 23.1 Å². The predicted octanol–water partition coefficient (Wildman–Crippen LogP) is 7.28. The maximum Gasteiger partial charge on any atom is 0.310 e. The highest BCUT2D eigenvalue weighted by Crippen LogP contribution is 3.02. The molecular formula is C20H15F5N4S. The maximum atomic E-state index is 12.9. The fraction of sp³-hybridized carbons (Fsp3) is 0. The van der Waals surface area contributed by atoms with Gasteiger partial charge in [-0.25, -0.2) is 4.98 Å². The van der Waals surface area contributed by atoms with E-state index in [2.05, 4.69) is 15.3 Å². The molecule has 0 unspecified atom stereocenters. The largest absolute Gasteiger partial charge is 0.398 e. The zero-order chi connectivity index (χ0) is 21.6. The second-order valence-electron chi connectivity index (χ2n) is 6.65. The molecule has 4 rings (SSSR count). The van der Waals surface area contributed by atoms with Crippen molar-refractivity contribution in [2.75, 3.05) is 11.1 Å². The van der Waals surface area contributed by atoms with E-state index < -0.39 is 15.1 Å². The van der Waals surface area contributed by atoms with Crippen molar-refractivity contribution in [2.45, 2.75) is 4.90 Å². The van der Waals surface area contributed by atoms with Gasteiger partial charge in [-0.2, -0.15) is 0 Å². The number of nitrogens with one attached hydrogen (secondary N) is 1. The summed E-state index contributed by atoms with van der Waals surface area (Å²) in [5.41, 5.74) is 8.86. The molecule has 0 saturated heterocycles. The molecule has 0 bridgehead atoms. The van der Waals surface area contributed by atoms with Crippen molar-refractivity contribution in [2.24, 2.45) is 0 Å². The van der Waals surface area contributed by atoms with Crippen LogP contribution in [-0.4, -0.2) is 9.97 Å². The van der Waals surface area contributed by atoms with Gasteiger partial charge in [0.15, 0.2) is 0 Å². The smallest absolute Gasteiger partial charge is 0.310 e.